The van der Waals surface area contributed by atoms with Crippen LogP contribution in [0.1, 0.15) is 5.56 Å². The molecule has 1 aliphatic heterocycles. The van der Waals surface area contributed by atoms with Gasteiger partial charge in [0.1, 0.15) is 0 Å². The molecule has 0 aliphatic carbocycles. The Balaban J connectivity index is 1.74. The molecular formula is C20H13Cl2N3. The molecule has 0 bridgehead atoms. The summed E-state index contributed by atoms with van der Waals surface area (Å²) in [6, 6.07) is 25.1. The zero-order valence-corrected chi connectivity index (χ0v) is 14.6. The Bertz CT molecular complexity index is 890. The molecule has 2 radical (unpaired) electrons. The molecule has 122 valence electrons. The second-order valence-electron chi connectivity index (χ2n) is 5.49. The van der Waals surface area contributed by atoms with Crippen LogP contribution >= 0.6 is 23.2 Å². The molecule has 3 nitrogen and oxygen atoms in total. The standard InChI is InChI=1S/C20H13Cl2N3/c21-16-6-10-18(11-7-16)24-14-25(19-12-8-17(22)9-13-19)23-20(24)15-4-2-1-3-5-15/h1-13H. The van der Waals surface area contributed by atoms with Crippen molar-refractivity contribution in [3.05, 3.63) is 101 Å². The third-order valence-electron chi connectivity index (χ3n) is 3.79. The van der Waals surface area contributed by atoms with Gasteiger partial charge in [-0.15, -0.1) is 0 Å². The van der Waals surface area contributed by atoms with Crippen LogP contribution in [0, 0.1) is 6.67 Å². The van der Waals surface area contributed by atoms with Crippen LogP contribution in [-0.2, 0) is 0 Å². The minimum Gasteiger partial charge on any atom is -0.291 e. The van der Waals surface area contributed by atoms with E-state index in [4.69, 9.17) is 28.3 Å². The number of benzene rings is 3. The Morgan fingerprint density at radius 3 is 1.84 bits per heavy atom. The van der Waals surface area contributed by atoms with E-state index in [0.29, 0.717) is 10.0 Å². The highest BCUT2D eigenvalue weighted by molar-refractivity contribution is 6.31. The topological polar surface area (TPSA) is 18.8 Å². The minimum atomic E-state index is 0.685. The Morgan fingerprint density at radius 1 is 0.680 bits per heavy atom. The molecule has 0 saturated heterocycles. The molecule has 25 heavy (non-hydrogen) atoms. The molecule has 1 heterocycles. The van der Waals surface area contributed by atoms with Crippen LogP contribution in [0.4, 0.5) is 11.4 Å². The maximum absolute atomic E-state index is 6.02. The van der Waals surface area contributed by atoms with E-state index in [0.717, 1.165) is 22.8 Å². The van der Waals surface area contributed by atoms with E-state index >= 15 is 0 Å². The third kappa shape index (κ3) is 3.34. The number of hydrogen-bond acceptors (Lipinski definition) is 3. The first kappa shape index (κ1) is 16.0. The van der Waals surface area contributed by atoms with Crippen LogP contribution in [0.25, 0.3) is 0 Å². The van der Waals surface area contributed by atoms with Gasteiger partial charge in [0.15, 0.2) is 5.84 Å². The fraction of sp³-hybridized carbons (Fsp3) is 0. The zero-order valence-electron chi connectivity index (χ0n) is 13.1. The summed E-state index contributed by atoms with van der Waals surface area (Å²) in [5, 5.41) is 7.82. The summed E-state index contributed by atoms with van der Waals surface area (Å²) >= 11 is 12.0. The lowest BCUT2D eigenvalue weighted by atomic mass is 10.2. The molecule has 0 aromatic heterocycles. The van der Waals surface area contributed by atoms with Gasteiger partial charge in [0, 0.05) is 21.3 Å². The highest BCUT2D eigenvalue weighted by atomic mass is 35.5. The van der Waals surface area contributed by atoms with Gasteiger partial charge in [0.2, 0.25) is 6.67 Å². The monoisotopic (exact) mass is 365 g/mol. The van der Waals surface area contributed by atoms with Gasteiger partial charge in [-0.25, -0.2) is 5.01 Å². The number of hydrogen-bond donors (Lipinski definition) is 0. The quantitative estimate of drug-likeness (QED) is 0.594. The summed E-state index contributed by atoms with van der Waals surface area (Å²) in [6.45, 7) is 3.29. The number of amidine groups is 1. The van der Waals surface area contributed by atoms with Gasteiger partial charge >= 0.3 is 0 Å². The van der Waals surface area contributed by atoms with Crippen molar-refractivity contribution in [2.75, 3.05) is 9.91 Å². The summed E-state index contributed by atoms with van der Waals surface area (Å²) in [4.78, 5) is 1.92. The van der Waals surface area contributed by atoms with Crippen molar-refractivity contribution in [2.45, 2.75) is 0 Å². The molecule has 3 aromatic carbocycles. The van der Waals surface area contributed by atoms with Crippen LogP contribution in [0.2, 0.25) is 10.0 Å². The normalized spacial score (nSPS) is 13.9. The number of hydrazone groups is 1. The highest BCUT2D eigenvalue weighted by Crippen LogP contribution is 2.30. The Morgan fingerprint density at radius 2 is 1.24 bits per heavy atom. The number of anilines is 2. The average Bonchev–Trinajstić information content (AvgIpc) is 3.09. The zero-order chi connectivity index (χ0) is 17.2. The lowest BCUT2D eigenvalue weighted by molar-refractivity contribution is 1.02. The lowest BCUT2D eigenvalue weighted by Gasteiger charge is -2.19. The van der Waals surface area contributed by atoms with Crippen LogP contribution in [0.15, 0.2) is 84.0 Å². The molecule has 0 atom stereocenters. The van der Waals surface area contributed by atoms with Crippen molar-refractivity contribution in [3.8, 4) is 0 Å². The predicted octanol–water partition coefficient (Wildman–Crippen LogP) is 5.68. The predicted molar refractivity (Wildman–Crippen MR) is 104 cm³/mol. The van der Waals surface area contributed by atoms with Crippen molar-refractivity contribution in [1.29, 1.82) is 0 Å². The van der Waals surface area contributed by atoms with Crippen LogP contribution in [0.3, 0.4) is 0 Å². The molecule has 0 fully saturated rings. The average molecular weight is 366 g/mol. The van der Waals surface area contributed by atoms with Gasteiger partial charge < -0.3 is 0 Å². The molecular weight excluding hydrogens is 353 g/mol. The number of halogens is 2. The van der Waals surface area contributed by atoms with E-state index in [1.165, 1.54) is 0 Å². The van der Waals surface area contributed by atoms with E-state index in [1.54, 1.807) is 5.01 Å². The summed E-state index contributed by atoms with van der Waals surface area (Å²) in [6.07, 6.45) is 0. The highest BCUT2D eigenvalue weighted by Gasteiger charge is 2.28. The largest absolute Gasteiger partial charge is 0.291 e. The van der Waals surface area contributed by atoms with Gasteiger partial charge in [-0.05, 0) is 48.5 Å². The fourth-order valence-electron chi connectivity index (χ4n) is 2.55. The second-order valence-corrected chi connectivity index (χ2v) is 6.36. The maximum Gasteiger partial charge on any atom is 0.237 e. The molecule has 0 N–H and O–H groups in total. The van der Waals surface area contributed by atoms with Crippen molar-refractivity contribution in [3.63, 3.8) is 0 Å². The van der Waals surface area contributed by atoms with E-state index in [-0.39, 0.29) is 0 Å². The smallest absolute Gasteiger partial charge is 0.237 e. The van der Waals surface area contributed by atoms with Crippen molar-refractivity contribution < 1.29 is 0 Å². The van der Waals surface area contributed by atoms with Crippen LogP contribution < -0.4 is 9.91 Å². The fourth-order valence-corrected chi connectivity index (χ4v) is 2.80. The third-order valence-corrected chi connectivity index (χ3v) is 4.29. The van der Waals surface area contributed by atoms with Crippen molar-refractivity contribution >= 4 is 40.4 Å². The van der Waals surface area contributed by atoms with Gasteiger partial charge in [-0.2, -0.15) is 5.10 Å². The van der Waals surface area contributed by atoms with E-state index < -0.39 is 0 Å². The molecule has 0 amide bonds. The molecule has 5 heteroatoms. The summed E-state index contributed by atoms with van der Waals surface area (Å²) < 4.78 is 0. The first-order valence-corrected chi connectivity index (χ1v) is 8.48. The van der Waals surface area contributed by atoms with Gasteiger partial charge in [-0.3, -0.25) is 4.90 Å². The first-order valence-electron chi connectivity index (χ1n) is 7.72. The number of rotatable bonds is 3. The molecule has 0 saturated carbocycles. The molecule has 4 rings (SSSR count). The van der Waals surface area contributed by atoms with E-state index in [1.807, 2.05) is 83.8 Å². The SMILES string of the molecule is Clc1ccc(N2[C]N(c3ccc(Cl)cc3)C(c3ccccc3)=N2)cc1. The first-order chi connectivity index (χ1) is 12.2. The van der Waals surface area contributed by atoms with Gasteiger partial charge in [-0.1, -0.05) is 53.5 Å². The summed E-state index contributed by atoms with van der Waals surface area (Å²) in [5.74, 6) is 0.790. The van der Waals surface area contributed by atoms with Crippen molar-refractivity contribution in [2.24, 2.45) is 5.10 Å². The molecule has 0 spiro atoms. The van der Waals surface area contributed by atoms with Crippen LogP contribution in [-0.4, -0.2) is 5.84 Å². The minimum absolute atomic E-state index is 0.685. The second kappa shape index (κ2) is 6.79. The number of nitrogens with zero attached hydrogens (tertiary/aromatic N) is 3. The maximum atomic E-state index is 6.02. The Hall–Kier alpha value is -2.49. The molecule has 1 aliphatic rings. The van der Waals surface area contributed by atoms with E-state index in [2.05, 4.69) is 6.67 Å². The van der Waals surface area contributed by atoms with Gasteiger partial charge in [0.25, 0.3) is 0 Å². The van der Waals surface area contributed by atoms with Gasteiger partial charge in [0.05, 0.1) is 5.69 Å². The molecule has 0 unspecified atom stereocenters. The lowest BCUT2D eigenvalue weighted by Crippen LogP contribution is -2.26. The summed E-state index contributed by atoms with van der Waals surface area (Å²) in [7, 11) is 0. The molecule has 3 aromatic rings. The Labute approximate surface area is 156 Å². The summed E-state index contributed by atoms with van der Waals surface area (Å²) in [5.41, 5.74) is 2.82. The van der Waals surface area contributed by atoms with E-state index in [9.17, 15) is 0 Å². The van der Waals surface area contributed by atoms with Crippen molar-refractivity contribution in [1.82, 2.24) is 0 Å². The van der Waals surface area contributed by atoms with Crippen LogP contribution in [0.5, 0.6) is 0 Å². The Kier molecular flexibility index (Phi) is 4.35.